The summed E-state index contributed by atoms with van der Waals surface area (Å²) in [5.74, 6) is 0.723. The van der Waals surface area contributed by atoms with Crippen molar-refractivity contribution in [2.75, 3.05) is 26.7 Å². The quantitative estimate of drug-likeness (QED) is 0.816. The molecule has 7 heteroatoms. The number of benzene rings is 1. The zero-order chi connectivity index (χ0) is 19.7. The third-order valence-corrected chi connectivity index (χ3v) is 6.30. The molecule has 1 N–H and O–H groups in total. The fourth-order valence-electron chi connectivity index (χ4n) is 3.53. The molecule has 0 bridgehead atoms. The molecular weight excluding hydrogens is 352 g/mol. The van der Waals surface area contributed by atoms with E-state index in [-0.39, 0.29) is 22.6 Å². The Bertz CT molecular complexity index is 713. The molecule has 1 aromatic rings. The minimum absolute atomic E-state index is 0.140. The van der Waals surface area contributed by atoms with Crippen LogP contribution in [0.1, 0.15) is 38.8 Å². The van der Waals surface area contributed by atoms with Gasteiger partial charge >= 0.3 is 0 Å². The second-order valence-electron chi connectivity index (χ2n) is 7.89. The molecule has 0 saturated carbocycles. The van der Waals surface area contributed by atoms with Crippen LogP contribution < -0.4 is 9.46 Å². The van der Waals surface area contributed by atoms with E-state index in [1.165, 1.54) is 0 Å². The van der Waals surface area contributed by atoms with Crippen molar-refractivity contribution in [2.45, 2.75) is 64.2 Å². The van der Waals surface area contributed by atoms with Crippen LogP contribution in [0.5, 0.6) is 5.75 Å². The van der Waals surface area contributed by atoms with Gasteiger partial charge in [0.15, 0.2) is 0 Å². The fraction of sp³-hybridized carbons (Fsp3) is 0.684. The van der Waals surface area contributed by atoms with Crippen LogP contribution in [0.2, 0.25) is 0 Å². The lowest BCUT2D eigenvalue weighted by Crippen LogP contribution is -2.58. The summed E-state index contributed by atoms with van der Waals surface area (Å²) >= 11 is 0. The number of ether oxygens (including phenoxy) is 2. The van der Waals surface area contributed by atoms with Crippen LogP contribution in [0.3, 0.4) is 0 Å². The van der Waals surface area contributed by atoms with Crippen LogP contribution in [0, 0.1) is 13.8 Å². The van der Waals surface area contributed by atoms with Crippen LogP contribution in [0.4, 0.5) is 0 Å². The summed E-state index contributed by atoms with van der Waals surface area (Å²) in [7, 11) is -2.00. The fourth-order valence-corrected chi connectivity index (χ4v) is 4.90. The molecule has 1 aliphatic heterocycles. The smallest absolute Gasteiger partial charge is 0.240 e. The van der Waals surface area contributed by atoms with E-state index < -0.39 is 10.0 Å². The first-order chi connectivity index (χ1) is 12.0. The lowest BCUT2D eigenvalue weighted by Gasteiger charge is -2.45. The van der Waals surface area contributed by atoms with E-state index in [1.54, 1.807) is 19.2 Å². The largest absolute Gasteiger partial charge is 0.496 e. The molecule has 0 radical (unpaired) electrons. The molecule has 26 heavy (non-hydrogen) atoms. The van der Waals surface area contributed by atoms with Crippen LogP contribution in [-0.2, 0) is 14.8 Å². The van der Waals surface area contributed by atoms with Crippen molar-refractivity contribution in [1.82, 2.24) is 9.62 Å². The van der Waals surface area contributed by atoms with Crippen molar-refractivity contribution >= 4 is 10.0 Å². The summed E-state index contributed by atoms with van der Waals surface area (Å²) in [4.78, 5) is 2.56. The minimum Gasteiger partial charge on any atom is -0.496 e. The van der Waals surface area contributed by atoms with Crippen molar-refractivity contribution in [3.63, 3.8) is 0 Å². The monoisotopic (exact) mass is 384 g/mol. The first-order valence-electron chi connectivity index (χ1n) is 9.01. The van der Waals surface area contributed by atoms with Crippen LogP contribution in [0.15, 0.2) is 17.0 Å². The molecule has 1 heterocycles. The molecule has 0 aliphatic carbocycles. The predicted molar refractivity (Wildman–Crippen MR) is 103 cm³/mol. The average Bonchev–Trinajstić information content (AvgIpc) is 2.52. The molecule has 6 nitrogen and oxygen atoms in total. The molecule has 2 rings (SSSR count). The van der Waals surface area contributed by atoms with E-state index in [9.17, 15) is 8.42 Å². The van der Waals surface area contributed by atoms with Gasteiger partial charge in [0, 0.05) is 25.2 Å². The van der Waals surface area contributed by atoms with Gasteiger partial charge in [-0.15, -0.1) is 0 Å². The highest BCUT2D eigenvalue weighted by molar-refractivity contribution is 7.89. The lowest BCUT2D eigenvalue weighted by atomic mass is 10.0. The zero-order valence-electron chi connectivity index (χ0n) is 16.9. The number of hydrogen-bond acceptors (Lipinski definition) is 5. The van der Waals surface area contributed by atoms with E-state index in [0.29, 0.717) is 6.54 Å². The Hall–Kier alpha value is -1.15. The Labute approximate surface area is 157 Å². The summed E-state index contributed by atoms with van der Waals surface area (Å²) < 4.78 is 39.5. The van der Waals surface area contributed by atoms with Gasteiger partial charge in [0.2, 0.25) is 10.0 Å². The molecule has 1 aliphatic rings. The van der Waals surface area contributed by atoms with Gasteiger partial charge in [0.05, 0.1) is 24.2 Å². The molecular formula is C19H32N2O4S. The van der Waals surface area contributed by atoms with Crippen molar-refractivity contribution in [3.05, 3.63) is 23.3 Å². The second kappa shape index (κ2) is 7.84. The number of methoxy groups -OCH3 is 1. The number of aryl methyl sites for hydroxylation is 2. The predicted octanol–water partition coefficient (Wildman–Crippen LogP) is 2.48. The van der Waals surface area contributed by atoms with Gasteiger partial charge in [-0.2, -0.15) is 0 Å². The van der Waals surface area contributed by atoms with Gasteiger partial charge < -0.3 is 9.47 Å². The van der Waals surface area contributed by atoms with Crippen molar-refractivity contribution in [2.24, 2.45) is 0 Å². The first kappa shape index (κ1) is 21.2. The molecule has 0 amide bonds. The van der Waals surface area contributed by atoms with Crippen molar-refractivity contribution in [3.8, 4) is 5.75 Å². The molecule has 2 unspecified atom stereocenters. The summed E-state index contributed by atoms with van der Waals surface area (Å²) in [6.07, 6.45) is 0.281. The molecule has 1 fully saturated rings. The van der Waals surface area contributed by atoms with Gasteiger partial charge in [-0.1, -0.05) is 0 Å². The molecule has 0 aromatic heterocycles. The maximum Gasteiger partial charge on any atom is 0.240 e. The molecule has 2 atom stereocenters. The normalized spacial score (nSPS) is 22.4. The Morgan fingerprint density at radius 2 is 1.69 bits per heavy atom. The molecule has 1 saturated heterocycles. The number of morpholine rings is 1. The Balaban J connectivity index is 2.14. The summed E-state index contributed by atoms with van der Waals surface area (Å²) in [6.45, 7) is 13.8. The van der Waals surface area contributed by atoms with Crippen LogP contribution in [0.25, 0.3) is 0 Å². The highest BCUT2D eigenvalue weighted by Gasteiger charge is 2.34. The minimum atomic E-state index is -3.59. The van der Waals surface area contributed by atoms with Gasteiger partial charge in [-0.3, -0.25) is 4.90 Å². The van der Waals surface area contributed by atoms with E-state index in [2.05, 4.69) is 23.5 Å². The van der Waals surface area contributed by atoms with Gasteiger partial charge in [-0.05, 0) is 64.8 Å². The van der Waals surface area contributed by atoms with E-state index in [4.69, 9.17) is 9.47 Å². The van der Waals surface area contributed by atoms with Gasteiger partial charge in [0.25, 0.3) is 0 Å². The Morgan fingerprint density at radius 3 is 2.15 bits per heavy atom. The highest BCUT2D eigenvalue weighted by atomic mass is 32.2. The topological polar surface area (TPSA) is 67.9 Å². The maximum atomic E-state index is 12.8. The lowest BCUT2D eigenvalue weighted by molar-refractivity contribution is -0.0945. The van der Waals surface area contributed by atoms with Crippen molar-refractivity contribution in [1.29, 1.82) is 0 Å². The van der Waals surface area contributed by atoms with E-state index in [1.807, 2.05) is 27.7 Å². The highest BCUT2D eigenvalue weighted by Crippen LogP contribution is 2.27. The number of nitrogens with one attached hydrogen (secondary N) is 1. The van der Waals surface area contributed by atoms with Crippen LogP contribution in [-0.4, -0.2) is 57.8 Å². The number of rotatable bonds is 6. The summed E-state index contributed by atoms with van der Waals surface area (Å²) in [5, 5.41) is 0. The summed E-state index contributed by atoms with van der Waals surface area (Å²) in [5.41, 5.74) is 1.31. The molecule has 1 aromatic carbocycles. The molecule has 0 spiro atoms. The Morgan fingerprint density at radius 1 is 1.19 bits per heavy atom. The van der Waals surface area contributed by atoms with E-state index >= 15 is 0 Å². The third kappa shape index (κ3) is 4.76. The standard InChI is InChI=1S/C19H32N2O4S/c1-13-8-17(9-14(2)18(13)24-7)26(22,23)20-12-19(5,6)21-10-15(3)25-16(4)11-21/h8-9,15-16,20H,10-12H2,1-7H3. The Kier molecular flexibility index (Phi) is 6.38. The average molecular weight is 385 g/mol. The maximum absolute atomic E-state index is 12.8. The second-order valence-corrected chi connectivity index (χ2v) is 9.66. The third-order valence-electron chi connectivity index (χ3n) is 4.92. The SMILES string of the molecule is COc1c(C)cc(S(=O)(=O)NCC(C)(C)N2CC(C)OC(C)C2)cc1C. The first-order valence-corrected chi connectivity index (χ1v) is 10.5. The van der Waals surface area contributed by atoms with Crippen LogP contribution >= 0.6 is 0 Å². The number of hydrogen-bond donors (Lipinski definition) is 1. The van der Waals surface area contributed by atoms with Gasteiger partial charge in [0.1, 0.15) is 5.75 Å². The number of sulfonamides is 1. The summed E-state index contributed by atoms with van der Waals surface area (Å²) in [6, 6.07) is 3.31. The zero-order valence-corrected chi connectivity index (χ0v) is 17.7. The van der Waals surface area contributed by atoms with Crippen molar-refractivity contribution < 1.29 is 17.9 Å². The van der Waals surface area contributed by atoms with Gasteiger partial charge in [-0.25, -0.2) is 13.1 Å². The van der Waals surface area contributed by atoms with E-state index in [0.717, 1.165) is 30.0 Å². The number of nitrogens with zero attached hydrogens (tertiary/aromatic N) is 1. The molecule has 148 valence electrons.